The zero-order valence-corrected chi connectivity index (χ0v) is 14.7. The molecule has 2 atom stereocenters. The van der Waals surface area contributed by atoms with E-state index in [1.54, 1.807) is 10.9 Å². The van der Waals surface area contributed by atoms with Gasteiger partial charge in [-0.3, -0.25) is 9.48 Å². The van der Waals surface area contributed by atoms with E-state index in [1.807, 2.05) is 49.3 Å². The largest absolute Gasteiger partial charge is 0.370 e. The van der Waals surface area contributed by atoms with Gasteiger partial charge >= 0.3 is 0 Å². The number of nitrogens with zero attached hydrogens (tertiary/aromatic N) is 3. The summed E-state index contributed by atoms with van der Waals surface area (Å²) in [6, 6.07) is 7.69. The van der Waals surface area contributed by atoms with Crippen molar-refractivity contribution in [3.63, 3.8) is 0 Å². The van der Waals surface area contributed by atoms with E-state index in [9.17, 15) is 4.79 Å². The Morgan fingerprint density at radius 1 is 1.50 bits per heavy atom. The third-order valence-electron chi connectivity index (χ3n) is 4.33. The molecule has 1 amide bonds. The lowest BCUT2D eigenvalue weighted by atomic mass is 9.99. The maximum atomic E-state index is 12.8. The molecule has 0 bridgehead atoms. The van der Waals surface area contributed by atoms with Crippen molar-refractivity contribution in [2.75, 3.05) is 19.7 Å². The van der Waals surface area contributed by atoms with Gasteiger partial charge in [0.2, 0.25) is 5.91 Å². The van der Waals surface area contributed by atoms with Crippen LogP contribution in [0.3, 0.4) is 0 Å². The van der Waals surface area contributed by atoms with Crippen molar-refractivity contribution in [2.45, 2.75) is 19.4 Å². The molecule has 2 aromatic rings. The summed E-state index contributed by atoms with van der Waals surface area (Å²) in [7, 11) is 1.88. The molecule has 2 unspecified atom stereocenters. The van der Waals surface area contributed by atoms with Gasteiger partial charge in [-0.05, 0) is 24.1 Å². The molecule has 1 aliphatic heterocycles. The van der Waals surface area contributed by atoms with Crippen molar-refractivity contribution in [2.24, 2.45) is 13.0 Å². The lowest BCUT2D eigenvalue weighted by Crippen LogP contribution is -2.44. The van der Waals surface area contributed by atoms with Crippen molar-refractivity contribution < 1.29 is 9.53 Å². The Kier molecular flexibility index (Phi) is 5.21. The van der Waals surface area contributed by atoms with Gasteiger partial charge < -0.3 is 9.64 Å². The van der Waals surface area contributed by atoms with Crippen LogP contribution in [0.2, 0.25) is 5.02 Å². The normalized spacial score (nSPS) is 19.3. The minimum absolute atomic E-state index is 0.0869. The first-order valence-electron chi connectivity index (χ1n) is 8.16. The van der Waals surface area contributed by atoms with Crippen molar-refractivity contribution in [1.82, 2.24) is 14.7 Å². The van der Waals surface area contributed by atoms with Crippen molar-refractivity contribution in [3.8, 4) is 0 Å². The van der Waals surface area contributed by atoms with E-state index in [2.05, 4.69) is 5.10 Å². The minimum Gasteiger partial charge on any atom is -0.370 e. The van der Waals surface area contributed by atoms with E-state index in [0.29, 0.717) is 31.1 Å². The fourth-order valence-corrected chi connectivity index (χ4v) is 3.29. The van der Waals surface area contributed by atoms with Crippen LogP contribution in [0.1, 0.15) is 24.2 Å². The molecule has 1 fully saturated rings. The molecule has 0 radical (unpaired) electrons. The summed E-state index contributed by atoms with van der Waals surface area (Å²) in [5.41, 5.74) is 2.10. The second-order valence-electron chi connectivity index (χ2n) is 6.33. The van der Waals surface area contributed by atoms with Crippen LogP contribution in [0.15, 0.2) is 36.7 Å². The first kappa shape index (κ1) is 17.0. The van der Waals surface area contributed by atoms with Crippen LogP contribution in [0.4, 0.5) is 0 Å². The summed E-state index contributed by atoms with van der Waals surface area (Å²) < 4.78 is 7.56. The number of carbonyl (C=O) groups excluding carboxylic acids is 1. The highest BCUT2D eigenvalue weighted by molar-refractivity contribution is 6.30. The Morgan fingerprint density at radius 3 is 3.04 bits per heavy atom. The number of hydrogen-bond acceptors (Lipinski definition) is 3. The van der Waals surface area contributed by atoms with E-state index >= 15 is 0 Å². The first-order chi connectivity index (χ1) is 11.5. The van der Waals surface area contributed by atoms with Gasteiger partial charge in [0, 0.05) is 36.3 Å². The molecule has 1 aromatic carbocycles. The number of halogens is 1. The van der Waals surface area contributed by atoms with Gasteiger partial charge in [0.15, 0.2) is 0 Å². The molecule has 0 N–H and O–H groups in total. The fourth-order valence-electron chi connectivity index (χ4n) is 3.07. The Bertz CT molecular complexity index is 716. The number of morpholine rings is 1. The summed E-state index contributed by atoms with van der Waals surface area (Å²) in [6.07, 6.45) is 4.32. The van der Waals surface area contributed by atoms with E-state index in [-0.39, 0.29) is 17.9 Å². The second kappa shape index (κ2) is 7.36. The summed E-state index contributed by atoms with van der Waals surface area (Å²) in [5.74, 6) is 0.0725. The predicted octanol–water partition coefficient (Wildman–Crippen LogP) is 2.85. The second-order valence-corrected chi connectivity index (χ2v) is 6.76. The molecule has 24 heavy (non-hydrogen) atoms. The molecular weight excluding hydrogens is 326 g/mol. The number of amides is 1. The van der Waals surface area contributed by atoms with Gasteiger partial charge in [-0.1, -0.05) is 30.7 Å². The Hall–Kier alpha value is -1.85. The Morgan fingerprint density at radius 2 is 2.33 bits per heavy atom. The van der Waals surface area contributed by atoms with Crippen LogP contribution in [0.5, 0.6) is 0 Å². The van der Waals surface area contributed by atoms with E-state index in [4.69, 9.17) is 16.3 Å². The van der Waals surface area contributed by atoms with Crippen molar-refractivity contribution >= 4 is 17.5 Å². The molecule has 1 saturated heterocycles. The van der Waals surface area contributed by atoms with E-state index in [0.717, 1.165) is 11.1 Å². The van der Waals surface area contributed by atoms with Gasteiger partial charge in [0.05, 0.1) is 19.3 Å². The van der Waals surface area contributed by atoms with Crippen molar-refractivity contribution in [1.29, 1.82) is 0 Å². The number of ether oxygens (including phenoxy) is 1. The molecule has 128 valence electrons. The van der Waals surface area contributed by atoms with Gasteiger partial charge in [-0.15, -0.1) is 0 Å². The molecule has 6 heteroatoms. The molecule has 0 aliphatic carbocycles. The molecule has 0 saturated carbocycles. The molecule has 1 aliphatic rings. The van der Waals surface area contributed by atoms with Crippen LogP contribution in [-0.4, -0.2) is 40.3 Å². The highest BCUT2D eigenvalue weighted by Crippen LogP contribution is 2.23. The molecule has 3 rings (SSSR count). The summed E-state index contributed by atoms with van der Waals surface area (Å²) in [6.45, 7) is 3.73. The molecule has 0 spiro atoms. The van der Waals surface area contributed by atoms with Crippen LogP contribution in [-0.2, 0) is 23.0 Å². The zero-order chi connectivity index (χ0) is 17.1. The van der Waals surface area contributed by atoms with Crippen molar-refractivity contribution in [3.05, 3.63) is 52.8 Å². The lowest BCUT2D eigenvalue weighted by Gasteiger charge is -2.34. The maximum Gasteiger partial charge on any atom is 0.225 e. The number of hydrogen-bond donors (Lipinski definition) is 0. The van der Waals surface area contributed by atoms with Gasteiger partial charge in [0.1, 0.15) is 6.10 Å². The van der Waals surface area contributed by atoms with Gasteiger partial charge in [0.25, 0.3) is 0 Å². The Balaban J connectivity index is 1.63. The summed E-state index contributed by atoms with van der Waals surface area (Å²) >= 11 is 6.03. The van der Waals surface area contributed by atoms with E-state index < -0.39 is 0 Å². The topological polar surface area (TPSA) is 47.4 Å². The summed E-state index contributed by atoms with van der Waals surface area (Å²) in [5, 5.41) is 4.89. The number of carbonyl (C=O) groups is 1. The minimum atomic E-state index is -0.102. The SMILES string of the molecule is CC(Cc1cccc(Cl)c1)C(=O)N1CCOC(c2cnn(C)c2)C1. The molecule has 1 aromatic heterocycles. The Labute approximate surface area is 147 Å². The lowest BCUT2D eigenvalue weighted by molar-refractivity contribution is -0.142. The first-order valence-corrected chi connectivity index (χ1v) is 8.54. The maximum absolute atomic E-state index is 12.8. The van der Waals surface area contributed by atoms with Gasteiger partial charge in [-0.2, -0.15) is 5.10 Å². The monoisotopic (exact) mass is 347 g/mol. The third kappa shape index (κ3) is 3.97. The van der Waals surface area contributed by atoms with Crippen LogP contribution >= 0.6 is 11.6 Å². The van der Waals surface area contributed by atoms with Crippen LogP contribution in [0, 0.1) is 5.92 Å². The summed E-state index contributed by atoms with van der Waals surface area (Å²) in [4.78, 5) is 14.7. The number of aromatic nitrogens is 2. The van der Waals surface area contributed by atoms with Crippen LogP contribution in [0.25, 0.3) is 0 Å². The number of rotatable bonds is 4. The molecule has 5 nitrogen and oxygen atoms in total. The average Bonchev–Trinajstić information content (AvgIpc) is 3.01. The highest BCUT2D eigenvalue weighted by Gasteiger charge is 2.28. The highest BCUT2D eigenvalue weighted by atomic mass is 35.5. The van der Waals surface area contributed by atoms with Gasteiger partial charge in [-0.25, -0.2) is 0 Å². The standard InChI is InChI=1S/C18H22ClN3O2/c1-13(8-14-4-3-5-16(19)9-14)18(23)22-6-7-24-17(12-22)15-10-20-21(2)11-15/h3-5,9-11,13,17H,6-8,12H2,1-2H3. The quantitative estimate of drug-likeness (QED) is 0.854. The zero-order valence-electron chi connectivity index (χ0n) is 14.0. The van der Waals surface area contributed by atoms with E-state index in [1.165, 1.54) is 0 Å². The average molecular weight is 348 g/mol. The fraction of sp³-hybridized carbons (Fsp3) is 0.444. The third-order valence-corrected chi connectivity index (χ3v) is 4.56. The predicted molar refractivity (Wildman–Crippen MR) is 92.8 cm³/mol. The van der Waals surface area contributed by atoms with Crippen LogP contribution < -0.4 is 0 Å². The number of benzene rings is 1. The molecular formula is C18H22ClN3O2. The molecule has 2 heterocycles. The smallest absolute Gasteiger partial charge is 0.225 e. The number of aryl methyl sites for hydroxylation is 1.